The van der Waals surface area contributed by atoms with Crippen LogP contribution in [0.4, 0.5) is 11.4 Å². The second kappa shape index (κ2) is 27.4. The van der Waals surface area contributed by atoms with E-state index in [-0.39, 0.29) is 63.8 Å². The number of hydrogen-bond acceptors (Lipinski definition) is 16. The molecular weight excluding hydrogens is 1040 g/mol. The summed E-state index contributed by atoms with van der Waals surface area (Å²) in [5.74, 6) is -1.45. The van der Waals surface area contributed by atoms with Crippen LogP contribution in [0.5, 0.6) is 0 Å². The first-order chi connectivity index (χ1) is 35.7. The Hall–Kier alpha value is -5.17. The van der Waals surface area contributed by atoms with Crippen molar-refractivity contribution < 1.29 is 77.1 Å². The maximum atomic E-state index is 13.0. The van der Waals surface area contributed by atoms with Crippen molar-refractivity contribution in [1.82, 2.24) is 0 Å². The number of anilines is 1. The van der Waals surface area contributed by atoms with Crippen LogP contribution in [-0.4, -0.2) is 146 Å². The van der Waals surface area contributed by atoms with Gasteiger partial charge in [0, 0.05) is 74.1 Å². The highest BCUT2D eigenvalue weighted by molar-refractivity contribution is 7.86. The summed E-state index contributed by atoms with van der Waals surface area (Å²) in [7, 11) is -11.5. The number of methoxy groups -OCH3 is 2. The third-order valence-electron chi connectivity index (χ3n) is 13.6. The number of carboxylic acids is 1. The van der Waals surface area contributed by atoms with E-state index in [1.807, 2.05) is 66.5 Å². The number of allylic oxidation sites excluding steroid dienone is 8. The number of fused-ring (bicyclic) bond motifs is 6. The van der Waals surface area contributed by atoms with Gasteiger partial charge in [-0.15, -0.1) is 0 Å². The summed E-state index contributed by atoms with van der Waals surface area (Å²) in [5.41, 5.74) is 2.54. The zero-order valence-electron chi connectivity index (χ0n) is 42.7. The quantitative estimate of drug-likeness (QED) is 0.0218. The maximum absolute atomic E-state index is 13.0. The Balaban J connectivity index is 0.0000107. The van der Waals surface area contributed by atoms with E-state index in [1.165, 1.54) is 6.07 Å². The summed E-state index contributed by atoms with van der Waals surface area (Å²) in [6.45, 7) is 7.32. The van der Waals surface area contributed by atoms with Gasteiger partial charge in [0.25, 0.3) is 0 Å². The molecule has 0 aromatic heterocycles. The molecule has 416 valence electrons. The Morgan fingerprint density at radius 2 is 1.33 bits per heavy atom. The lowest BCUT2D eigenvalue weighted by molar-refractivity contribution is -0.441. The minimum atomic E-state index is -5.16. The van der Waals surface area contributed by atoms with Gasteiger partial charge in [-0.1, -0.05) is 74.6 Å². The van der Waals surface area contributed by atoms with E-state index >= 15 is 0 Å². The fourth-order valence-corrected chi connectivity index (χ4v) is 11.9. The minimum Gasteiger partial charge on any atom is -0.748 e. The first-order valence-corrected chi connectivity index (χ1v) is 29.1. The van der Waals surface area contributed by atoms with Crippen LogP contribution in [0.15, 0.2) is 119 Å². The average molecular weight is 1110 g/mol. The van der Waals surface area contributed by atoms with E-state index in [2.05, 4.69) is 17.6 Å². The summed E-state index contributed by atoms with van der Waals surface area (Å²) in [4.78, 5) is 12.0. The predicted octanol–water partition coefficient (Wildman–Crippen LogP) is 7.83. The van der Waals surface area contributed by atoms with E-state index in [0.29, 0.717) is 82.2 Å². The van der Waals surface area contributed by atoms with Gasteiger partial charge >= 0.3 is 5.97 Å². The molecule has 2 unspecified atom stereocenters. The molecule has 0 bridgehead atoms. The lowest BCUT2D eigenvalue weighted by atomic mass is 9.74. The monoisotopic (exact) mass is 1110 g/mol. The lowest BCUT2D eigenvalue weighted by Crippen LogP contribution is -2.32. The molecule has 2 aliphatic rings. The second-order valence-electron chi connectivity index (χ2n) is 18.7. The SMILES string of the molecule is C.COCCOCCOCCOCCC1(C)\C(=C/C=C/C=C/C=C/C2=[N+](CCOC)c3ccc4ccccc4c3C2(C)CCCS(=O)(=O)[O-])N(CCCCCC(=O)O)c2cc(S(=O)(=O)[O-])c3ccc(S(=O)(=O)[O-])cc3c21. The van der Waals surface area contributed by atoms with Gasteiger partial charge in [0.15, 0.2) is 12.3 Å². The number of rotatable bonds is 31. The van der Waals surface area contributed by atoms with Crippen LogP contribution in [0.3, 0.4) is 0 Å². The third-order valence-corrected chi connectivity index (χ3v) is 16.1. The number of carboxylic acid groups (broad SMARTS) is 1. The van der Waals surface area contributed by atoms with Crippen molar-refractivity contribution in [3.8, 4) is 0 Å². The van der Waals surface area contributed by atoms with E-state index in [1.54, 1.807) is 32.4 Å². The Morgan fingerprint density at radius 1 is 0.671 bits per heavy atom. The lowest BCUT2D eigenvalue weighted by Gasteiger charge is -2.31. The number of benzene rings is 4. The van der Waals surface area contributed by atoms with Gasteiger partial charge in [0.1, 0.15) is 26.8 Å². The highest BCUT2D eigenvalue weighted by Gasteiger charge is 2.49. The molecule has 76 heavy (non-hydrogen) atoms. The smallest absolute Gasteiger partial charge is 0.303 e. The zero-order chi connectivity index (χ0) is 54.4. The number of unbranched alkanes of at least 4 members (excludes halogenated alkanes) is 2. The molecule has 0 fully saturated rings. The summed E-state index contributed by atoms with van der Waals surface area (Å²) in [6, 6.07) is 16.6. The molecule has 2 aliphatic heterocycles. The fraction of sp³-hybridized carbons (Fsp3) is 0.455. The molecular formula is C55H70N2O16S3-2. The van der Waals surface area contributed by atoms with Crippen molar-refractivity contribution in [3.05, 3.63) is 120 Å². The van der Waals surface area contributed by atoms with Crippen LogP contribution in [-0.2, 0) is 69.7 Å². The number of nitrogens with zero attached hydrogens (tertiary/aromatic N) is 2. The summed E-state index contributed by atoms with van der Waals surface area (Å²) in [6.07, 6.45) is 14.9. The van der Waals surface area contributed by atoms with Gasteiger partial charge in [0.2, 0.25) is 5.69 Å². The summed E-state index contributed by atoms with van der Waals surface area (Å²) < 4.78 is 142. The van der Waals surface area contributed by atoms with Crippen molar-refractivity contribution in [2.75, 3.05) is 90.8 Å². The van der Waals surface area contributed by atoms with Crippen molar-refractivity contribution in [1.29, 1.82) is 0 Å². The van der Waals surface area contributed by atoms with E-state index in [4.69, 9.17) is 23.7 Å². The molecule has 0 saturated carbocycles. The number of ether oxygens (including phenoxy) is 5. The first-order valence-electron chi connectivity index (χ1n) is 24.7. The van der Waals surface area contributed by atoms with Crippen LogP contribution in [0.1, 0.15) is 77.3 Å². The van der Waals surface area contributed by atoms with Gasteiger partial charge in [-0.25, -0.2) is 25.3 Å². The Kier molecular flexibility index (Phi) is 22.3. The van der Waals surface area contributed by atoms with Gasteiger partial charge < -0.3 is 47.3 Å². The second-order valence-corrected chi connectivity index (χ2v) is 23.0. The van der Waals surface area contributed by atoms with Crippen LogP contribution in [0, 0.1) is 0 Å². The summed E-state index contributed by atoms with van der Waals surface area (Å²) >= 11 is 0. The molecule has 0 aliphatic carbocycles. The molecule has 6 rings (SSSR count). The number of aliphatic carboxylic acids is 1. The van der Waals surface area contributed by atoms with Crippen molar-refractivity contribution in [2.45, 2.75) is 86.8 Å². The normalized spacial score (nSPS) is 18.6. The van der Waals surface area contributed by atoms with E-state index in [0.717, 1.165) is 45.9 Å². The Labute approximate surface area is 447 Å². The maximum Gasteiger partial charge on any atom is 0.303 e. The molecule has 4 aromatic rings. The molecule has 0 spiro atoms. The van der Waals surface area contributed by atoms with Crippen LogP contribution in [0.2, 0.25) is 0 Å². The fourth-order valence-electron chi connectivity index (χ4n) is 10.2. The highest BCUT2D eigenvalue weighted by Crippen LogP contribution is 2.54. The molecule has 2 heterocycles. The largest absolute Gasteiger partial charge is 0.748 e. The van der Waals surface area contributed by atoms with E-state index < -0.39 is 62.7 Å². The van der Waals surface area contributed by atoms with Crippen molar-refractivity contribution >= 4 is 75.0 Å². The predicted molar refractivity (Wildman–Crippen MR) is 289 cm³/mol. The first kappa shape index (κ1) is 61.7. The average Bonchev–Trinajstić information content (AvgIpc) is 3.73. The molecule has 1 N–H and O–H groups in total. The molecule has 4 aromatic carbocycles. The van der Waals surface area contributed by atoms with Gasteiger partial charge in [-0.3, -0.25) is 4.79 Å². The highest BCUT2D eigenvalue weighted by atomic mass is 32.2. The topological polar surface area (TPSA) is 261 Å². The molecule has 0 saturated heterocycles. The molecule has 18 nitrogen and oxygen atoms in total. The van der Waals surface area contributed by atoms with Gasteiger partial charge in [-0.05, 0) is 103 Å². The van der Waals surface area contributed by atoms with Crippen LogP contribution < -0.4 is 4.90 Å². The Morgan fingerprint density at radius 3 is 1.99 bits per heavy atom. The van der Waals surface area contributed by atoms with E-state index in [9.17, 15) is 48.8 Å². The summed E-state index contributed by atoms with van der Waals surface area (Å²) in [5, 5.41) is 11.4. The number of hydrogen-bond donors (Lipinski definition) is 1. The van der Waals surface area contributed by atoms with Gasteiger partial charge in [0.05, 0.1) is 65.0 Å². The van der Waals surface area contributed by atoms with Crippen molar-refractivity contribution in [3.63, 3.8) is 0 Å². The Bertz CT molecular complexity index is 3190. The van der Waals surface area contributed by atoms with Crippen LogP contribution in [0.25, 0.3) is 21.5 Å². The molecule has 0 radical (unpaired) electrons. The minimum absolute atomic E-state index is 0. The van der Waals surface area contributed by atoms with Gasteiger partial charge in [-0.2, -0.15) is 4.58 Å². The number of carbonyl (C=O) groups is 1. The van der Waals surface area contributed by atoms with Crippen molar-refractivity contribution in [2.24, 2.45) is 0 Å². The zero-order valence-corrected chi connectivity index (χ0v) is 45.2. The third kappa shape index (κ3) is 15.3. The standard InChI is InChI=1S/C54H68N2O16S3.CH4/c1-53(25-15-37-73(59,60)61)48(56(28-30-68-3)45-24-21-40-16-12-13-17-42(40)51(45)53)18-9-6-5-7-10-19-49-54(2,26-29-70-33-34-72-36-35-71-32-31-69-4)52-44-38-41(74(62,63)64)22-23-43(44)47(75(65,66)67)39-46(52)55(49)27-14-8-11-20-50(57)58;/h5-7,9-10,12-13,16-19,21-24,38-39H,8,11,14-15,20,25-37H2,1-4H3,(H3-,57,58,59,60,61,62,63,64,65,66,67);1H4/p-2. The molecule has 21 heteroatoms. The molecule has 0 amide bonds. The molecule has 2 atom stereocenters. The van der Waals surface area contributed by atoms with Crippen LogP contribution >= 0.6 is 0 Å².